The van der Waals surface area contributed by atoms with Gasteiger partial charge in [0.25, 0.3) is 0 Å². The molecule has 0 spiro atoms. The summed E-state index contributed by atoms with van der Waals surface area (Å²) in [6, 6.07) is 2.11. The Balaban J connectivity index is 1.81. The highest BCUT2D eigenvalue weighted by atomic mass is 16.5. The van der Waals surface area contributed by atoms with Crippen LogP contribution in [0.4, 0.5) is 4.79 Å². The molecule has 1 aliphatic heterocycles. The number of carbonyl (C=O) groups is 1. The Morgan fingerprint density at radius 2 is 2.22 bits per heavy atom. The molecule has 2 heterocycles. The molecule has 130 valence electrons. The van der Waals surface area contributed by atoms with Gasteiger partial charge in [0.2, 0.25) is 0 Å². The second-order valence-corrected chi connectivity index (χ2v) is 7.24. The highest BCUT2D eigenvalue weighted by Gasteiger charge is 2.22. The van der Waals surface area contributed by atoms with Crippen LogP contribution < -0.4 is 5.32 Å². The van der Waals surface area contributed by atoms with Crippen molar-refractivity contribution in [3.63, 3.8) is 0 Å². The normalized spacial score (nSPS) is 19.5. The largest absolute Gasteiger partial charge is 0.368 e. The van der Waals surface area contributed by atoms with Crippen molar-refractivity contribution >= 4 is 6.03 Å². The van der Waals surface area contributed by atoms with Gasteiger partial charge in [0.05, 0.1) is 12.1 Å². The SMILES string of the molecule is CC1CCCCCN1C(=O)NCc1cc(COC(C)(C)C)on1. The topological polar surface area (TPSA) is 67.6 Å². The van der Waals surface area contributed by atoms with Gasteiger partial charge in [-0.1, -0.05) is 18.0 Å². The molecular formula is C17H29N3O3. The fourth-order valence-corrected chi connectivity index (χ4v) is 2.64. The zero-order valence-corrected chi connectivity index (χ0v) is 14.7. The number of aromatic nitrogens is 1. The third-order valence-electron chi connectivity index (χ3n) is 3.99. The van der Waals surface area contributed by atoms with E-state index in [-0.39, 0.29) is 11.6 Å². The van der Waals surface area contributed by atoms with Gasteiger partial charge in [0.15, 0.2) is 5.76 Å². The quantitative estimate of drug-likeness (QED) is 0.921. The summed E-state index contributed by atoms with van der Waals surface area (Å²) < 4.78 is 10.9. The van der Waals surface area contributed by atoms with Gasteiger partial charge < -0.3 is 19.5 Å². The molecule has 1 aliphatic rings. The monoisotopic (exact) mass is 323 g/mol. The van der Waals surface area contributed by atoms with Crippen molar-refractivity contribution in [1.29, 1.82) is 0 Å². The zero-order valence-electron chi connectivity index (χ0n) is 14.7. The van der Waals surface area contributed by atoms with Crippen molar-refractivity contribution in [2.45, 2.75) is 78.2 Å². The van der Waals surface area contributed by atoms with E-state index in [9.17, 15) is 4.79 Å². The van der Waals surface area contributed by atoms with E-state index in [1.807, 2.05) is 31.7 Å². The van der Waals surface area contributed by atoms with Gasteiger partial charge >= 0.3 is 6.03 Å². The predicted molar refractivity (Wildman–Crippen MR) is 87.9 cm³/mol. The first-order valence-corrected chi connectivity index (χ1v) is 8.48. The molecule has 0 bridgehead atoms. The van der Waals surface area contributed by atoms with Crippen LogP contribution >= 0.6 is 0 Å². The van der Waals surface area contributed by atoms with Crippen LogP contribution in [0.3, 0.4) is 0 Å². The van der Waals surface area contributed by atoms with Gasteiger partial charge in [0.1, 0.15) is 12.3 Å². The molecule has 0 radical (unpaired) electrons. The lowest BCUT2D eigenvalue weighted by Crippen LogP contribution is -2.44. The Kier molecular flexibility index (Phi) is 6.04. The average molecular weight is 323 g/mol. The van der Waals surface area contributed by atoms with Crippen molar-refractivity contribution < 1.29 is 14.1 Å². The fourth-order valence-electron chi connectivity index (χ4n) is 2.64. The molecular weight excluding hydrogens is 294 g/mol. The molecule has 1 saturated heterocycles. The van der Waals surface area contributed by atoms with Gasteiger partial charge in [0, 0.05) is 18.7 Å². The molecule has 1 atom stereocenters. The molecule has 1 unspecified atom stereocenters. The molecule has 2 amide bonds. The lowest BCUT2D eigenvalue weighted by molar-refractivity contribution is -0.0241. The fraction of sp³-hybridized carbons (Fsp3) is 0.765. The summed E-state index contributed by atoms with van der Waals surface area (Å²) in [4.78, 5) is 14.3. The van der Waals surface area contributed by atoms with Gasteiger partial charge in [-0.3, -0.25) is 0 Å². The van der Waals surface area contributed by atoms with E-state index >= 15 is 0 Å². The first kappa shape index (κ1) is 17.8. The molecule has 2 rings (SSSR count). The Hall–Kier alpha value is -1.56. The van der Waals surface area contributed by atoms with Crippen LogP contribution in [-0.4, -0.2) is 34.3 Å². The second kappa shape index (κ2) is 7.81. The van der Waals surface area contributed by atoms with E-state index in [0.717, 1.165) is 19.4 Å². The van der Waals surface area contributed by atoms with Crippen molar-refractivity contribution in [1.82, 2.24) is 15.4 Å². The predicted octanol–water partition coefficient (Wildman–Crippen LogP) is 3.46. The molecule has 0 saturated carbocycles. The second-order valence-electron chi connectivity index (χ2n) is 7.24. The first-order valence-electron chi connectivity index (χ1n) is 8.48. The minimum absolute atomic E-state index is 0.0186. The maximum absolute atomic E-state index is 12.3. The van der Waals surface area contributed by atoms with Gasteiger partial charge in [-0.05, 0) is 40.5 Å². The summed E-state index contributed by atoms with van der Waals surface area (Å²) in [5, 5.41) is 6.92. The molecule has 1 aromatic heterocycles. The first-order chi connectivity index (χ1) is 10.8. The number of rotatable bonds is 4. The summed E-state index contributed by atoms with van der Waals surface area (Å²) in [6.07, 6.45) is 4.56. The third kappa shape index (κ3) is 5.86. The number of nitrogens with one attached hydrogen (secondary N) is 1. The number of carbonyl (C=O) groups excluding carboxylic acids is 1. The highest BCUT2D eigenvalue weighted by Crippen LogP contribution is 2.16. The third-order valence-corrected chi connectivity index (χ3v) is 3.99. The number of urea groups is 1. The summed E-state index contributed by atoms with van der Waals surface area (Å²) >= 11 is 0. The van der Waals surface area contributed by atoms with Crippen molar-refractivity contribution in [2.75, 3.05) is 6.54 Å². The van der Waals surface area contributed by atoms with Crippen LogP contribution in [0.5, 0.6) is 0 Å². The van der Waals surface area contributed by atoms with Crippen molar-refractivity contribution in [2.24, 2.45) is 0 Å². The summed E-state index contributed by atoms with van der Waals surface area (Å²) in [5.74, 6) is 0.673. The maximum atomic E-state index is 12.3. The van der Waals surface area contributed by atoms with E-state index in [4.69, 9.17) is 9.26 Å². The number of ether oxygens (including phenoxy) is 1. The molecule has 1 N–H and O–H groups in total. The van der Waals surface area contributed by atoms with Gasteiger partial charge in [-0.25, -0.2) is 4.79 Å². The number of nitrogens with zero attached hydrogens (tertiary/aromatic N) is 2. The molecule has 23 heavy (non-hydrogen) atoms. The van der Waals surface area contributed by atoms with Gasteiger partial charge in [-0.15, -0.1) is 0 Å². The Labute approximate surface area is 138 Å². The Bertz CT molecular complexity index is 507. The number of amides is 2. The summed E-state index contributed by atoms with van der Waals surface area (Å²) in [6.45, 7) is 9.68. The van der Waals surface area contributed by atoms with E-state index < -0.39 is 0 Å². The van der Waals surface area contributed by atoms with E-state index in [1.165, 1.54) is 12.8 Å². The number of likely N-dealkylation sites (tertiary alicyclic amines) is 1. The van der Waals surface area contributed by atoms with Crippen LogP contribution in [0.15, 0.2) is 10.6 Å². The van der Waals surface area contributed by atoms with Crippen LogP contribution in [0.2, 0.25) is 0 Å². The number of hydrogen-bond donors (Lipinski definition) is 1. The molecule has 6 nitrogen and oxygen atoms in total. The molecule has 1 fully saturated rings. The minimum Gasteiger partial charge on any atom is -0.368 e. The minimum atomic E-state index is -0.218. The van der Waals surface area contributed by atoms with Gasteiger partial charge in [-0.2, -0.15) is 0 Å². The molecule has 1 aromatic rings. The summed E-state index contributed by atoms with van der Waals surface area (Å²) in [5.41, 5.74) is 0.498. The maximum Gasteiger partial charge on any atom is 0.317 e. The number of hydrogen-bond acceptors (Lipinski definition) is 4. The lowest BCUT2D eigenvalue weighted by Gasteiger charge is -2.27. The van der Waals surface area contributed by atoms with Crippen LogP contribution in [0, 0.1) is 0 Å². The Morgan fingerprint density at radius 3 is 2.96 bits per heavy atom. The standard InChI is InChI=1S/C17H29N3O3/c1-13-8-6-5-7-9-20(13)16(21)18-11-14-10-15(23-19-14)12-22-17(2,3)4/h10,13H,5-9,11-12H2,1-4H3,(H,18,21). The van der Waals surface area contributed by atoms with E-state index in [1.54, 1.807) is 0 Å². The van der Waals surface area contributed by atoms with Crippen LogP contribution in [0.25, 0.3) is 0 Å². The van der Waals surface area contributed by atoms with E-state index in [0.29, 0.717) is 30.6 Å². The summed E-state index contributed by atoms with van der Waals surface area (Å²) in [7, 11) is 0. The van der Waals surface area contributed by atoms with Crippen LogP contribution in [-0.2, 0) is 17.9 Å². The van der Waals surface area contributed by atoms with Crippen molar-refractivity contribution in [3.8, 4) is 0 Å². The van der Waals surface area contributed by atoms with E-state index in [2.05, 4.69) is 17.4 Å². The lowest BCUT2D eigenvalue weighted by atomic mass is 10.1. The smallest absolute Gasteiger partial charge is 0.317 e. The van der Waals surface area contributed by atoms with Crippen LogP contribution in [0.1, 0.15) is 64.8 Å². The zero-order chi connectivity index (χ0) is 16.9. The molecule has 0 aliphatic carbocycles. The molecule has 0 aromatic carbocycles. The average Bonchev–Trinajstić information content (AvgIpc) is 2.83. The Morgan fingerprint density at radius 1 is 1.43 bits per heavy atom. The van der Waals surface area contributed by atoms with Crippen molar-refractivity contribution in [3.05, 3.63) is 17.5 Å². The highest BCUT2D eigenvalue weighted by molar-refractivity contribution is 5.74. The molecule has 6 heteroatoms.